The summed E-state index contributed by atoms with van der Waals surface area (Å²) >= 11 is 0. The van der Waals surface area contributed by atoms with Gasteiger partial charge in [0.2, 0.25) is 0 Å². The van der Waals surface area contributed by atoms with Crippen LogP contribution in [-0.2, 0) is 18.8 Å². The minimum absolute atomic E-state index is 0.203. The van der Waals surface area contributed by atoms with E-state index in [4.69, 9.17) is 0 Å². The van der Waals surface area contributed by atoms with Gasteiger partial charge in [0.05, 0.1) is 0 Å². The molecule has 1 aliphatic rings. The van der Waals surface area contributed by atoms with Crippen LogP contribution in [0, 0.1) is 5.92 Å². The molecule has 0 spiro atoms. The molecule has 1 N–H and O–H groups in total. The summed E-state index contributed by atoms with van der Waals surface area (Å²) in [6.45, 7) is 2.16. The molecule has 7 heteroatoms. The molecule has 0 amide bonds. The largest absolute Gasteiger partial charge is 0.315 e. The highest BCUT2D eigenvalue weighted by molar-refractivity contribution is 8.58. The van der Waals surface area contributed by atoms with E-state index < -0.39 is 18.8 Å². The summed E-state index contributed by atoms with van der Waals surface area (Å²) in [5.74, 6) is 0.678. The maximum absolute atomic E-state index is 11.1. The van der Waals surface area contributed by atoms with Crippen molar-refractivity contribution >= 4 is 18.8 Å². The van der Waals surface area contributed by atoms with E-state index in [0.29, 0.717) is 5.92 Å². The van der Waals surface area contributed by atoms with Gasteiger partial charge in [-0.15, -0.1) is 0 Å². The monoisotopic (exact) mass is 283 g/mol. The lowest BCUT2D eigenvalue weighted by atomic mass is 9.83. The third-order valence-electron chi connectivity index (χ3n) is 3.32. The van der Waals surface area contributed by atoms with Gasteiger partial charge in [-0.05, 0) is 31.6 Å². The zero-order valence-corrected chi connectivity index (χ0v) is 11.8. The summed E-state index contributed by atoms with van der Waals surface area (Å²) in [4.78, 5) is 0. The SMILES string of the molecule is CCCCC1CCC(NS(=O)(=O)[SH](=O)=O)CC1. The van der Waals surface area contributed by atoms with E-state index in [1.165, 1.54) is 19.3 Å². The molecule has 0 heterocycles. The van der Waals surface area contributed by atoms with Crippen molar-refractivity contribution < 1.29 is 16.8 Å². The zero-order valence-electron chi connectivity index (χ0n) is 10.1. The van der Waals surface area contributed by atoms with Gasteiger partial charge in [0.25, 0.3) is 9.74 Å². The fourth-order valence-electron chi connectivity index (χ4n) is 2.32. The molecule has 0 aromatic carbocycles. The molecule has 0 aromatic heterocycles. The topological polar surface area (TPSA) is 80.3 Å². The lowest BCUT2D eigenvalue weighted by molar-refractivity contribution is 0.294. The summed E-state index contributed by atoms with van der Waals surface area (Å²) in [7, 11) is -7.56. The number of hydrogen-bond donors (Lipinski definition) is 2. The Morgan fingerprint density at radius 3 is 2.24 bits per heavy atom. The van der Waals surface area contributed by atoms with Crippen molar-refractivity contribution in [1.82, 2.24) is 4.72 Å². The van der Waals surface area contributed by atoms with Crippen LogP contribution >= 0.6 is 0 Å². The first-order chi connectivity index (χ1) is 7.95. The van der Waals surface area contributed by atoms with Crippen molar-refractivity contribution in [2.24, 2.45) is 5.92 Å². The van der Waals surface area contributed by atoms with Crippen LogP contribution in [0.2, 0.25) is 0 Å². The van der Waals surface area contributed by atoms with Crippen LogP contribution in [0.3, 0.4) is 0 Å². The second-order valence-corrected chi connectivity index (χ2v) is 8.65. The molecule has 1 fully saturated rings. The first-order valence-electron chi connectivity index (χ1n) is 6.12. The minimum Gasteiger partial charge on any atom is -0.214 e. The molecule has 0 aromatic rings. The Bertz CT molecular complexity index is 387. The maximum atomic E-state index is 11.1. The van der Waals surface area contributed by atoms with Gasteiger partial charge in [-0.3, -0.25) is 0 Å². The Hall–Kier alpha value is -0.140. The van der Waals surface area contributed by atoms with E-state index >= 15 is 0 Å². The first kappa shape index (κ1) is 14.9. The van der Waals surface area contributed by atoms with Gasteiger partial charge in [-0.25, -0.2) is 8.42 Å². The minimum atomic E-state index is -4.13. The Labute approximate surface area is 104 Å². The zero-order chi connectivity index (χ0) is 12.9. The molecule has 17 heavy (non-hydrogen) atoms. The van der Waals surface area contributed by atoms with Gasteiger partial charge in [0.15, 0.2) is 0 Å². The van der Waals surface area contributed by atoms with Crippen LogP contribution < -0.4 is 4.72 Å². The summed E-state index contributed by atoms with van der Waals surface area (Å²) in [5.41, 5.74) is 0. The van der Waals surface area contributed by atoms with Gasteiger partial charge in [-0.1, -0.05) is 26.2 Å². The second kappa shape index (κ2) is 6.70. The lowest BCUT2D eigenvalue weighted by Gasteiger charge is -2.28. The van der Waals surface area contributed by atoms with E-state index in [1.54, 1.807) is 0 Å². The Kier molecular flexibility index (Phi) is 5.88. The molecule has 5 nitrogen and oxygen atoms in total. The smallest absolute Gasteiger partial charge is 0.214 e. The Morgan fingerprint density at radius 2 is 1.76 bits per heavy atom. The standard InChI is InChI=1S/C10H21NO4S2/c1-2-3-4-9-5-7-10(8-6-9)11-17(14,15)16(12)13/h9-11,16H,2-8H2,1H3. The average Bonchev–Trinajstić information content (AvgIpc) is 2.27. The van der Waals surface area contributed by atoms with Crippen molar-refractivity contribution in [3.8, 4) is 0 Å². The predicted molar refractivity (Wildman–Crippen MR) is 67.6 cm³/mol. The summed E-state index contributed by atoms with van der Waals surface area (Å²) in [6, 6.07) is -0.203. The normalized spacial score (nSPS) is 26.2. The van der Waals surface area contributed by atoms with Crippen molar-refractivity contribution in [3.05, 3.63) is 0 Å². The number of thiol groups is 1. The third kappa shape index (κ3) is 4.93. The Morgan fingerprint density at radius 1 is 1.18 bits per heavy atom. The van der Waals surface area contributed by atoms with Crippen LogP contribution in [-0.4, -0.2) is 22.9 Å². The molecular formula is C10H21NO4S2. The quantitative estimate of drug-likeness (QED) is 0.566. The molecule has 1 rings (SSSR count). The number of nitrogens with one attached hydrogen (secondary N) is 1. The third-order valence-corrected chi connectivity index (χ3v) is 5.84. The molecule has 0 saturated heterocycles. The molecular weight excluding hydrogens is 262 g/mol. The lowest BCUT2D eigenvalue weighted by Crippen LogP contribution is -2.37. The van der Waals surface area contributed by atoms with E-state index in [9.17, 15) is 16.8 Å². The number of unbranched alkanes of at least 4 members (excludes halogenated alkanes) is 1. The van der Waals surface area contributed by atoms with Crippen molar-refractivity contribution in [2.75, 3.05) is 0 Å². The highest BCUT2D eigenvalue weighted by atomic mass is 33.2. The highest BCUT2D eigenvalue weighted by Gasteiger charge is 2.25. The molecule has 1 saturated carbocycles. The average molecular weight is 283 g/mol. The Balaban J connectivity index is 2.38. The molecule has 0 atom stereocenters. The van der Waals surface area contributed by atoms with Crippen molar-refractivity contribution in [2.45, 2.75) is 57.9 Å². The van der Waals surface area contributed by atoms with Gasteiger partial charge < -0.3 is 0 Å². The number of hydrogen-bond acceptors (Lipinski definition) is 4. The maximum Gasteiger partial charge on any atom is 0.315 e. The van der Waals surface area contributed by atoms with Crippen molar-refractivity contribution in [1.29, 1.82) is 0 Å². The fourth-order valence-corrected chi connectivity index (χ4v) is 3.76. The fraction of sp³-hybridized carbons (Fsp3) is 1.00. The van der Waals surface area contributed by atoms with Crippen LogP contribution in [0.4, 0.5) is 0 Å². The summed E-state index contributed by atoms with van der Waals surface area (Å²) in [6.07, 6.45) is 7.07. The molecule has 0 unspecified atom stereocenters. The summed E-state index contributed by atoms with van der Waals surface area (Å²) < 4.78 is 45.5. The molecule has 0 aliphatic heterocycles. The molecule has 0 bridgehead atoms. The predicted octanol–water partition coefficient (Wildman–Crippen LogP) is 1.18. The summed E-state index contributed by atoms with van der Waals surface area (Å²) in [5, 5.41) is 0. The molecule has 1 aliphatic carbocycles. The van der Waals surface area contributed by atoms with Gasteiger partial charge in [0.1, 0.15) is 0 Å². The second-order valence-electron chi connectivity index (χ2n) is 4.68. The van der Waals surface area contributed by atoms with Crippen LogP contribution in [0.1, 0.15) is 51.9 Å². The first-order valence-corrected chi connectivity index (χ1v) is 9.39. The van der Waals surface area contributed by atoms with E-state index in [-0.39, 0.29) is 6.04 Å². The highest BCUT2D eigenvalue weighted by Crippen LogP contribution is 2.28. The van der Waals surface area contributed by atoms with Gasteiger partial charge in [0, 0.05) is 6.04 Å². The molecule has 0 radical (unpaired) electrons. The van der Waals surface area contributed by atoms with E-state index in [0.717, 1.165) is 25.7 Å². The van der Waals surface area contributed by atoms with Gasteiger partial charge >= 0.3 is 9.06 Å². The van der Waals surface area contributed by atoms with Crippen LogP contribution in [0.5, 0.6) is 0 Å². The van der Waals surface area contributed by atoms with E-state index in [1.807, 2.05) is 0 Å². The van der Waals surface area contributed by atoms with Crippen LogP contribution in [0.15, 0.2) is 0 Å². The molecule has 102 valence electrons. The number of rotatable bonds is 6. The van der Waals surface area contributed by atoms with Gasteiger partial charge in [-0.2, -0.15) is 13.1 Å². The van der Waals surface area contributed by atoms with E-state index in [2.05, 4.69) is 11.6 Å². The van der Waals surface area contributed by atoms with Crippen LogP contribution in [0.25, 0.3) is 0 Å². The van der Waals surface area contributed by atoms with Crippen molar-refractivity contribution in [3.63, 3.8) is 0 Å².